The lowest BCUT2D eigenvalue weighted by Crippen LogP contribution is -2.44. The fourth-order valence-corrected chi connectivity index (χ4v) is 3.38. The van der Waals surface area contributed by atoms with E-state index in [1.807, 2.05) is 6.07 Å². The van der Waals surface area contributed by atoms with Crippen molar-refractivity contribution in [3.05, 3.63) is 35.5 Å². The van der Waals surface area contributed by atoms with Crippen molar-refractivity contribution in [3.8, 4) is 0 Å². The molecular weight excluding hydrogens is 290 g/mol. The summed E-state index contributed by atoms with van der Waals surface area (Å²) in [5, 5.41) is 10.4. The predicted octanol–water partition coefficient (Wildman–Crippen LogP) is 2.67. The first-order chi connectivity index (χ1) is 11.0. The third-order valence-corrected chi connectivity index (χ3v) is 4.67. The van der Waals surface area contributed by atoms with Gasteiger partial charge in [-0.2, -0.15) is 0 Å². The van der Waals surface area contributed by atoms with Crippen molar-refractivity contribution >= 4 is 16.9 Å². The average molecular weight is 315 g/mol. The van der Waals surface area contributed by atoms with Gasteiger partial charge in [0.1, 0.15) is 0 Å². The lowest BCUT2D eigenvalue weighted by Gasteiger charge is -2.32. The highest BCUT2D eigenvalue weighted by molar-refractivity contribution is 5.93. The normalized spacial score (nSPS) is 17.2. The Balaban J connectivity index is 1.96. The molecule has 1 saturated heterocycles. The van der Waals surface area contributed by atoms with Crippen LogP contribution in [0.5, 0.6) is 0 Å². The molecule has 23 heavy (non-hydrogen) atoms. The van der Waals surface area contributed by atoms with Crippen LogP contribution in [0, 0.1) is 0 Å². The number of carboxylic acid groups (broad SMARTS) is 1. The SMILES string of the molecule is CC(C)n1c(CN2CCN(C)CC2)cc2ccc(C(=O)O)cc21. The number of likely N-dealkylation sites (N-methyl/N-ethyl adjacent to an activating group) is 1. The van der Waals surface area contributed by atoms with Gasteiger partial charge in [-0.3, -0.25) is 4.90 Å². The molecule has 1 aromatic heterocycles. The number of piperazine rings is 1. The lowest BCUT2D eigenvalue weighted by molar-refractivity contribution is 0.0697. The van der Waals surface area contributed by atoms with Gasteiger partial charge in [-0.05, 0) is 44.5 Å². The molecule has 0 bridgehead atoms. The number of hydrogen-bond acceptors (Lipinski definition) is 3. The topological polar surface area (TPSA) is 48.7 Å². The Morgan fingerprint density at radius 3 is 2.48 bits per heavy atom. The first kappa shape index (κ1) is 16.0. The summed E-state index contributed by atoms with van der Waals surface area (Å²) in [6, 6.07) is 7.92. The Kier molecular flexibility index (Phi) is 4.41. The van der Waals surface area contributed by atoms with Crippen LogP contribution in [0.4, 0.5) is 0 Å². The second kappa shape index (κ2) is 6.34. The first-order valence-electron chi connectivity index (χ1n) is 8.24. The van der Waals surface area contributed by atoms with E-state index in [4.69, 9.17) is 0 Å². The van der Waals surface area contributed by atoms with E-state index in [1.54, 1.807) is 12.1 Å². The second-order valence-electron chi connectivity index (χ2n) is 6.76. The molecule has 3 rings (SSSR count). The van der Waals surface area contributed by atoms with Gasteiger partial charge in [0.25, 0.3) is 0 Å². The molecule has 1 fully saturated rings. The van der Waals surface area contributed by atoms with Crippen molar-refractivity contribution in [2.75, 3.05) is 33.2 Å². The third kappa shape index (κ3) is 3.26. The summed E-state index contributed by atoms with van der Waals surface area (Å²) in [6.07, 6.45) is 0. The quantitative estimate of drug-likeness (QED) is 0.942. The molecule has 0 amide bonds. The van der Waals surface area contributed by atoms with E-state index in [2.05, 4.69) is 41.3 Å². The lowest BCUT2D eigenvalue weighted by atomic mass is 10.1. The molecule has 5 heteroatoms. The van der Waals surface area contributed by atoms with Crippen LogP contribution in [0.15, 0.2) is 24.3 Å². The van der Waals surface area contributed by atoms with Gasteiger partial charge in [-0.1, -0.05) is 6.07 Å². The summed E-state index contributed by atoms with van der Waals surface area (Å²) in [6.45, 7) is 9.59. The van der Waals surface area contributed by atoms with E-state index in [1.165, 1.54) is 5.69 Å². The summed E-state index contributed by atoms with van der Waals surface area (Å²) < 4.78 is 2.28. The summed E-state index contributed by atoms with van der Waals surface area (Å²) in [5.74, 6) is -0.871. The van der Waals surface area contributed by atoms with Crippen LogP contribution < -0.4 is 0 Å². The molecule has 2 aromatic rings. The Labute approximate surface area is 137 Å². The van der Waals surface area contributed by atoms with E-state index < -0.39 is 5.97 Å². The van der Waals surface area contributed by atoms with Gasteiger partial charge in [-0.15, -0.1) is 0 Å². The van der Waals surface area contributed by atoms with Crippen molar-refractivity contribution < 1.29 is 9.90 Å². The van der Waals surface area contributed by atoms with Crippen LogP contribution in [0.2, 0.25) is 0 Å². The Morgan fingerprint density at radius 1 is 1.17 bits per heavy atom. The molecule has 1 aliphatic rings. The molecule has 1 aromatic carbocycles. The minimum atomic E-state index is -0.871. The van der Waals surface area contributed by atoms with Gasteiger partial charge in [0, 0.05) is 50.0 Å². The Hall–Kier alpha value is -1.85. The van der Waals surface area contributed by atoms with Gasteiger partial charge < -0.3 is 14.6 Å². The number of nitrogens with zero attached hydrogens (tertiary/aromatic N) is 3. The highest BCUT2D eigenvalue weighted by Crippen LogP contribution is 2.26. The summed E-state index contributed by atoms with van der Waals surface area (Å²) >= 11 is 0. The zero-order chi connectivity index (χ0) is 16.6. The third-order valence-electron chi connectivity index (χ3n) is 4.67. The molecule has 0 atom stereocenters. The molecule has 5 nitrogen and oxygen atoms in total. The van der Waals surface area contributed by atoms with Gasteiger partial charge in [0.15, 0.2) is 0 Å². The summed E-state index contributed by atoms with van der Waals surface area (Å²) in [4.78, 5) is 16.1. The molecule has 0 saturated carbocycles. The van der Waals surface area contributed by atoms with Crippen LogP contribution in [-0.2, 0) is 6.54 Å². The second-order valence-corrected chi connectivity index (χ2v) is 6.76. The molecule has 0 unspecified atom stereocenters. The fourth-order valence-electron chi connectivity index (χ4n) is 3.38. The number of aromatic nitrogens is 1. The standard InChI is InChI=1S/C18H25N3O2/c1-13(2)21-16(12-20-8-6-19(3)7-9-20)10-14-4-5-15(18(22)23)11-17(14)21/h4-5,10-11,13H,6-9,12H2,1-3H3,(H,22,23). The van der Waals surface area contributed by atoms with Crippen LogP contribution in [0.25, 0.3) is 10.9 Å². The number of fused-ring (bicyclic) bond motifs is 1. The predicted molar refractivity (Wildman–Crippen MR) is 92.1 cm³/mol. The molecule has 0 radical (unpaired) electrons. The van der Waals surface area contributed by atoms with E-state index in [0.29, 0.717) is 11.6 Å². The average Bonchev–Trinajstić information content (AvgIpc) is 2.86. The van der Waals surface area contributed by atoms with Crippen molar-refractivity contribution in [2.24, 2.45) is 0 Å². The summed E-state index contributed by atoms with van der Waals surface area (Å²) in [5.41, 5.74) is 2.63. The van der Waals surface area contributed by atoms with Crippen molar-refractivity contribution in [1.82, 2.24) is 14.4 Å². The molecule has 2 heterocycles. The molecule has 1 N–H and O–H groups in total. The minimum Gasteiger partial charge on any atom is -0.478 e. The maximum Gasteiger partial charge on any atom is 0.335 e. The van der Waals surface area contributed by atoms with Gasteiger partial charge in [-0.25, -0.2) is 4.79 Å². The highest BCUT2D eigenvalue weighted by atomic mass is 16.4. The molecule has 0 aliphatic carbocycles. The minimum absolute atomic E-state index is 0.305. The van der Waals surface area contributed by atoms with Crippen molar-refractivity contribution in [3.63, 3.8) is 0 Å². The molecule has 0 spiro atoms. The molecule has 124 valence electrons. The van der Waals surface area contributed by atoms with Gasteiger partial charge >= 0.3 is 5.97 Å². The number of rotatable bonds is 4. The van der Waals surface area contributed by atoms with Crippen molar-refractivity contribution in [1.29, 1.82) is 0 Å². The molecular formula is C18H25N3O2. The maximum atomic E-state index is 11.3. The smallest absolute Gasteiger partial charge is 0.335 e. The molecule has 1 aliphatic heterocycles. The Bertz CT molecular complexity index is 712. The zero-order valence-corrected chi connectivity index (χ0v) is 14.1. The largest absolute Gasteiger partial charge is 0.478 e. The van der Waals surface area contributed by atoms with Crippen LogP contribution in [0.1, 0.15) is 35.9 Å². The van der Waals surface area contributed by atoms with E-state index in [9.17, 15) is 9.90 Å². The number of carbonyl (C=O) groups is 1. The Morgan fingerprint density at radius 2 is 1.87 bits per heavy atom. The van der Waals surface area contributed by atoms with Crippen LogP contribution in [0.3, 0.4) is 0 Å². The van der Waals surface area contributed by atoms with E-state index in [-0.39, 0.29) is 0 Å². The highest BCUT2D eigenvalue weighted by Gasteiger charge is 2.18. The van der Waals surface area contributed by atoms with E-state index >= 15 is 0 Å². The fraction of sp³-hybridized carbons (Fsp3) is 0.500. The monoisotopic (exact) mass is 315 g/mol. The zero-order valence-electron chi connectivity index (χ0n) is 14.1. The van der Waals surface area contributed by atoms with Crippen LogP contribution in [-0.4, -0.2) is 58.7 Å². The maximum absolute atomic E-state index is 11.3. The number of carboxylic acids is 1. The van der Waals surface area contributed by atoms with Gasteiger partial charge in [0.2, 0.25) is 0 Å². The van der Waals surface area contributed by atoms with E-state index in [0.717, 1.165) is 43.6 Å². The number of benzene rings is 1. The van der Waals surface area contributed by atoms with Gasteiger partial charge in [0.05, 0.1) is 5.56 Å². The van der Waals surface area contributed by atoms with Crippen molar-refractivity contribution in [2.45, 2.75) is 26.4 Å². The number of hydrogen-bond donors (Lipinski definition) is 1. The summed E-state index contributed by atoms with van der Waals surface area (Å²) in [7, 11) is 2.16. The number of aromatic carboxylic acids is 1. The van der Waals surface area contributed by atoms with Crippen LogP contribution >= 0.6 is 0 Å². The first-order valence-corrected chi connectivity index (χ1v) is 8.24.